The number of ketones is 2. The second-order valence-corrected chi connectivity index (χ2v) is 7.92. The van der Waals surface area contributed by atoms with E-state index in [2.05, 4.69) is 15.6 Å². The molecule has 2 aromatic rings. The van der Waals surface area contributed by atoms with Crippen molar-refractivity contribution in [3.8, 4) is 0 Å². The van der Waals surface area contributed by atoms with E-state index in [1.165, 1.54) is 17.5 Å². The summed E-state index contributed by atoms with van der Waals surface area (Å²) in [6.07, 6.45) is 2.58. The Morgan fingerprint density at radius 3 is 2.77 bits per heavy atom. The van der Waals surface area contributed by atoms with Crippen molar-refractivity contribution in [2.45, 2.75) is 38.3 Å². The van der Waals surface area contributed by atoms with E-state index in [0.29, 0.717) is 18.0 Å². The standard InChI is InChI=1S/C21H23N3O5S/c25-16(12-15-8-4-5-9-22-19(27)18(15)26)17(20-23-10-11-30-20)24-21(28)29-13-14-6-2-1-3-7-14/h1-3,6-7,10-11,15,17H,4-5,8-9,12-13H2,(H,22,27)(H,24,28). The lowest BCUT2D eigenvalue weighted by Crippen LogP contribution is -2.40. The van der Waals surface area contributed by atoms with Crippen LogP contribution >= 0.6 is 11.3 Å². The third-order valence-corrected chi connectivity index (χ3v) is 5.64. The van der Waals surface area contributed by atoms with Gasteiger partial charge in [0.15, 0.2) is 5.78 Å². The van der Waals surface area contributed by atoms with Gasteiger partial charge in [0.2, 0.25) is 5.78 Å². The van der Waals surface area contributed by atoms with E-state index in [1.807, 2.05) is 30.3 Å². The van der Waals surface area contributed by atoms with E-state index in [1.54, 1.807) is 5.38 Å². The van der Waals surface area contributed by atoms with Crippen molar-refractivity contribution in [3.63, 3.8) is 0 Å². The molecule has 0 spiro atoms. The van der Waals surface area contributed by atoms with Crippen molar-refractivity contribution in [2.24, 2.45) is 5.92 Å². The predicted octanol–water partition coefficient (Wildman–Crippen LogP) is 2.56. The predicted molar refractivity (Wildman–Crippen MR) is 110 cm³/mol. The number of amides is 2. The Bertz CT molecular complexity index is 885. The first kappa shape index (κ1) is 21.6. The summed E-state index contributed by atoms with van der Waals surface area (Å²) in [5, 5.41) is 7.22. The zero-order valence-corrected chi connectivity index (χ0v) is 17.2. The van der Waals surface area contributed by atoms with E-state index in [0.717, 1.165) is 18.4 Å². The van der Waals surface area contributed by atoms with Crippen LogP contribution in [-0.4, -0.2) is 35.1 Å². The zero-order chi connectivity index (χ0) is 21.3. The first-order valence-corrected chi connectivity index (χ1v) is 10.6. The van der Waals surface area contributed by atoms with E-state index >= 15 is 0 Å². The molecule has 2 N–H and O–H groups in total. The van der Waals surface area contributed by atoms with Gasteiger partial charge in [-0.15, -0.1) is 11.3 Å². The highest BCUT2D eigenvalue weighted by Gasteiger charge is 2.33. The number of ether oxygens (including phenoxy) is 1. The van der Waals surface area contributed by atoms with Gasteiger partial charge in [-0.05, 0) is 18.4 Å². The highest BCUT2D eigenvalue weighted by Crippen LogP contribution is 2.24. The molecule has 2 atom stereocenters. The van der Waals surface area contributed by atoms with Gasteiger partial charge < -0.3 is 15.4 Å². The second-order valence-electron chi connectivity index (χ2n) is 6.99. The summed E-state index contributed by atoms with van der Waals surface area (Å²) >= 11 is 1.22. The molecule has 1 saturated heterocycles. The molecule has 0 bridgehead atoms. The number of hydrogen-bond acceptors (Lipinski definition) is 7. The van der Waals surface area contributed by atoms with Crippen molar-refractivity contribution in [1.29, 1.82) is 0 Å². The average molecular weight is 429 g/mol. The number of rotatable bonds is 7. The Hall–Kier alpha value is -3.07. The maximum Gasteiger partial charge on any atom is 0.408 e. The van der Waals surface area contributed by atoms with Gasteiger partial charge in [0.25, 0.3) is 5.91 Å². The van der Waals surface area contributed by atoms with Crippen LogP contribution in [0.1, 0.15) is 42.3 Å². The fraction of sp³-hybridized carbons (Fsp3) is 0.381. The fourth-order valence-electron chi connectivity index (χ4n) is 3.22. The Labute approximate surface area is 178 Å². The molecular formula is C21H23N3O5S. The molecular weight excluding hydrogens is 406 g/mol. The number of nitrogens with zero attached hydrogens (tertiary/aromatic N) is 1. The number of carbonyl (C=O) groups is 4. The molecule has 2 amide bonds. The first-order valence-electron chi connectivity index (χ1n) is 9.76. The van der Waals surface area contributed by atoms with Crippen molar-refractivity contribution in [1.82, 2.24) is 15.6 Å². The topological polar surface area (TPSA) is 114 Å². The fourth-order valence-corrected chi connectivity index (χ4v) is 3.93. The van der Waals surface area contributed by atoms with Gasteiger partial charge in [-0.25, -0.2) is 9.78 Å². The quantitative estimate of drug-likeness (QED) is 0.654. The van der Waals surface area contributed by atoms with Crippen molar-refractivity contribution in [3.05, 3.63) is 52.5 Å². The Morgan fingerprint density at radius 1 is 1.23 bits per heavy atom. The number of thiazole rings is 1. The highest BCUT2D eigenvalue weighted by molar-refractivity contribution is 7.09. The number of hydrogen-bond donors (Lipinski definition) is 2. The van der Waals surface area contributed by atoms with Crippen LogP contribution in [0.4, 0.5) is 4.79 Å². The third kappa shape index (κ3) is 5.96. The minimum atomic E-state index is -1.03. The van der Waals surface area contributed by atoms with Crippen LogP contribution in [0.15, 0.2) is 41.9 Å². The molecule has 0 radical (unpaired) electrons. The summed E-state index contributed by atoms with van der Waals surface area (Å²) in [5.41, 5.74) is 0.816. The number of Topliss-reactive ketones (excluding diaryl/α,β-unsaturated/α-hetero) is 2. The monoisotopic (exact) mass is 429 g/mol. The SMILES string of the molecule is O=C(NC(C(=O)CC1CCCCNC(=O)C1=O)c1nccs1)OCc1ccccc1. The maximum absolute atomic E-state index is 13.0. The zero-order valence-electron chi connectivity index (χ0n) is 16.3. The van der Waals surface area contributed by atoms with E-state index in [9.17, 15) is 19.2 Å². The maximum atomic E-state index is 13.0. The van der Waals surface area contributed by atoms with Crippen LogP contribution < -0.4 is 10.6 Å². The molecule has 1 aromatic carbocycles. The van der Waals surface area contributed by atoms with E-state index in [4.69, 9.17) is 4.74 Å². The van der Waals surface area contributed by atoms with Crippen LogP contribution in [0, 0.1) is 5.92 Å². The molecule has 1 fully saturated rings. The minimum absolute atomic E-state index is 0.0622. The first-order chi connectivity index (χ1) is 14.5. The lowest BCUT2D eigenvalue weighted by atomic mass is 9.88. The summed E-state index contributed by atoms with van der Waals surface area (Å²) in [6, 6.07) is 8.14. The molecule has 2 heterocycles. The smallest absolute Gasteiger partial charge is 0.408 e. The molecule has 8 nitrogen and oxygen atoms in total. The second kappa shape index (κ2) is 10.6. The molecule has 1 aliphatic heterocycles. The molecule has 1 aromatic heterocycles. The van der Waals surface area contributed by atoms with Crippen LogP contribution in [0.5, 0.6) is 0 Å². The molecule has 3 rings (SSSR count). The van der Waals surface area contributed by atoms with Gasteiger partial charge in [0, 0.05) is 30.5 Å². The average Bonchev–Trinajstić information content (AvgIpc) is 3.28. The van der Waals surface area contributed by atoms with Crippen LogP contribution in [0.25, 0.3) is 0 Å². The number of aromatic nitrogens is 1. The van der Waals surface area contributed by atoms with Gasteiger partial charge in [-0.3, -0.25) is 14.4 Å². The highest BCUT2D eigenvalue weighted by atomic mass is 32.1. The Kier molecular flexibility index (Phi) is 7.67. The van der Waals surface area contributed by atoms with Gasteiger partial charge in [-0.2, -0.15) is 0 Å². The number of alkyl carbamates (subject to hydrolysis) is 1. The Balaban J connectivity index is 1.65. The van der Waals surface area contributed by atoms with Crippen molar-refractivity contribution in [2.75, 3.05) is 6.54 Å². The van der Waals surface area contributed by atoms with Gasteiger partial charge in [0.1, 0.15) is 17.7 Å². The molecule has 1 aliphatic rings. The van der Waals surface area contributed by atoms with E-state index in [-0.39, 0.29) is 18.8 Å². The number of benzene rings is 1. The summed E-state index contributed by atoms with van der Waals surface area (Å²) in [7, 11) is 0. The molecule has 158 valence electrons. The van der Waals surface area contributed by atoms with Crippen LogP contribution in [-0.2, 0) is 25.7 Å². The van der Waals surface area contributed by atoms with Crippen molar-refractivity contribution < 1.29 is 23.9 Å². The number of carbonyl (C=O) groups excluding carboxylic acids is 4. The summed E-state index contributed by atoms with van der Waals surface area (Å²) in [5.74, 6) is -2.34. The summed E-state index contributed by atoms with van der Waals surface area (Å²) in [4.78, 5) is 53.6. The van der Waals surface area contributed by atoms with Gasteiger partial charge in [-0.1, -0.05) is 36.8 Å². The summed E-state index contributed by atoms with van der Waals surface area (Å²) in [6.45, 7) is 0.522. The van der Waals surface area contributed by atoms with Crippen LogP contribution in [0.2, 0.25) is 0 Å². The van der Waals surface area contributed by atoms with Gasteiger partial charge in [0.05, 0.1) is 0 Å². The van der Waals surface area contributed by atoms with Crippen LogP contribution in [0.3, 0.4) is 0 Å². The number of nitrogens with one attached hydrogen (secondary N) is 2. The third-order valence-electron chi connectivity index (χ3n) is 4.80. The molecule has 0 aliphatic carbocycles. The molecule has 0 saturated carbocycles. The molecule has 9 heteroatoms. The van der Waals surface area contributed by atoms with Gasteiger partial charge >= 0.3 is 6.09 Å². The lowest BCUT2D eigenvalue weighted by molar-refractivity contribution is -0.141. The normalized spacial score (nSPS) is 17.9. The minimum Gasteiger partial charge on any atom is -0.445 e. The largest absolute Gasteiger partial charge is 0.445 e. The lowest BCUT2D eigenvalue weighted by Gasteiger charge is -2.21. The summed E-state index contributed by atoms with van der Waals surface area (Å²) < 4.78 is 5.22. The molecule has 2 unspecified atom stereocenters. The Morgan fingerprint density at radius 2 is 2.03 bits per heavy atom. The van der Waals surface area contributed by atoms with E-state index < -0.39 is 29.7 Å². The molecule has 30 heavy (non-hydrogen) atoms. The van der Waals surface area contributed by atoms with Crippen molar-refractivity contribution >= 4 is 34.9 Å².